The van der Waals surface area contributed by atoms with Gasteiger partial charge in [0.25, 0.3) is 10.0 Å². The molecule has 18 heavy (non-hydrogen) atoms. The summed E-state index contributed by atoms with van der Waals surface area (Å²) >= 11 is 21.7. The Labute approximate surface area is 134 Å². The molecular formula is C9H11BrCl3NO2S2. The molecule has 1 heterocycles. The molecule has 0 unspecified atom stereocenters. The lowest BCUT2D eigenvalue weighted by atomic mass is 10.0. The first kappa shape index (κ1) is 17.0. The maximum Gasteiger partial charge on any atom is 0.250 e. The van der Waals surface area contributed by atoms with Gasteiger partial charge in [0.1, 0.15) is 4.21 Å². The van der Waals surface area contributed by atoms with Crippen molar-refractivity contribution in [1.29, 1.82) is 0 Å². The van der Waals surface area contributed by atoms with Crippen molar-refractivity contribution in [3.05, 3.63) is 14.9 Å². The van der Waals surface area contributed by atoms with Gasteiger partial charge in [-0.05, 0) is 28.4 Å². The van der Waals surface area contributed by atoms with Crippen LogP contribution in [0.5, 0.6) is 0 Å². The first-order valence-electron chi connectivity index (χ1n) is 4.91. The number of thiophene rings is 1. The molecule has 1 aromatic rings. The van der Waals surface area contributed by atoms with Gasteiger partial charge in [-0.3, -0.25) is 0 Å². The van der Waals surface area contributed by atoms with Gasteiger partial charge in [0, 0.05) is 11.8 Å². The minimum atomic E-state index is -3.67. The van der Waals surface area contributed by atoms with Crippen molar-refractivity contribution in [3.63, 3.8) is 0 Å². The topological polar surface area (TPSA) is 46.2 Å². The average Bonchev–Trinajstić information content (AvgIpc) is 2.68. The van der Waals surface area contributed by atoms with E-state index in [-0.39, 0.29) is 16.0 Å². The molecule has 0 radical (unpaired) electrons. The van der Waals surface area contributed by atoms with Crippen LogP contribution in [0.2, 0.25) is 5.02 Å². The largest absolute Gasteiger partial charge is 0.250 e. The monoisotopic (exact) mass is 413 g/mol. The summed E-state index contributed by atoms with van der Waals surface area (Å²) in [5.74, 6) is 0.207. The van der Waals surface area contributed by atoms with Crippen molar-refractivity contribution in [2.24, 2.45) is 0 Å². The Morgan fingerprint density at radius 3 is 2.33 bits per heavy atom. The minimum Gasteiger partial charge on any atom is -0.206 e. The number of rotatable bonds is 6. The van der Waals surface area contributed by atoms with Crippen LogP contribution in [0.4, 0.5) is 0 Å². The Kier molecular flexibility index (Phi) is 6.25. The average molecular weight is 416 g/mol. The van der Waals surface area contributed by atoms with Crippen molar-refractivity contribution >= 4 is 72.1 Å². The van der Waals surface area contributed by atoms with E-state index in [4.69, 9.17) is 34.8 Å². The number of halogens is 4. The zero-order chi connectivity index (χ0) is 14.0. The van der Waals surface area contributed by atoms with E-state index in [9.17, 15) is 8.42 Å². The lowest BCUT2D eigenvalue weighted by Gasteiger charge is -2.28. The van der Waals surface area contributed by atoms with E-state index < -0.39 is 15.6 Å². The van der Waals surface area contributed by atoms with Gasteiger partial charge in [0.15, 0.2) is 0 Å². The second-order valence-corrected chi connectivity index (χ2v) is 8.91. The van der Waals surface area contributed by atoms with Gasteiger partial charge in [0.2, 0.25) is 0 Å². The molecule has 0 aliphatic rings. The van der Waals surface area contributed by atoms with Gasteiger partial charge in [-0.1, -0.05) is 18.5 Å². The molecular weight excluding hydrogens is 405 g/mol. The van der Waals surface area contributed by atoms with Crippen LogP contribution < -0.4 is 4.72 Å². The van der Waals surface area contributed by atoms with Crippen LogP contribution >= 0.6 is 62.1 Å². The first-order valence-corrected chi connectivity index (χ1v) is 9.45. The number of nitrogens with one attached hydrogen (secondary N) is 1. The summed E-state index contributed by atoms with van der Waals surface area (Å²) in [6, 6.07) is 1.39. The number of hydrogen-bond donors (Lipinski definition) is 1. The van der Waals surface area contributed by atoms with Gasteiger partial charge in [-0.2, -0.15) is 0 Å². The van der Waals surface area contributed by atoms with Gasteiger partial charge >= 0.3 is 0 Å². The third-order valence-corrected chi connectivity index (χ3v) is 7.98. The Hall–Kier alpha value is 0.960. The van der Waals surface area contributed by atoms with E-state index in [2.05, 4.69) is 20.7 Å². The predicted molar refractivity (Wildman–Crippen MR) is 81.8 cm³/mol. The SMILES string of the molecule is CCC(CCl)(CCl)NS(=O)(=O)c1cc(Cl)c(Br)s1. The summed E-state index contributed by atoms with van der Waals surface area (Å²) < 4.78 is 27.6. The Morgan fingerprint density at radius 2 is 2.00 bits per heavy atom. The molecule has 1 rings (SSSR count). The van der Waals surface area contributed by atoms with E-state index in [0.29, 0.717) is 15.2 Å². The highest BCUT2D eigenvalue weighted by Gasteiger charge is 2.33. The molecule has 104 valence electrons. The van der Waals surface area contributed by atoms with Crippen LogP contribution in [-0.2, 0) is 10.0 Å². The summed E-state index contributed by atoms with van der Waals surface area (Å²) in [4.78, 5) is 0. The molecule has 0 aromatic carbocycles. The van der Waals surface area contributed by atoms with E-state index >= 15 is 0 Å². The molecule has 0 aliphatic carbocycles. The summed E-state index contributed by atoms with van der Waals surface area (Å²) in [5.41, 5.74) is -0.842. The second kappa shape index (κ2) is 6.61. The van der Waals surface area contributed by atoms with Gasteiger partial charge in [0.05, 0.1) is 14.3 Å². The normalized spacial score (nSPS) is 12.9. The highest BCUT2D eigenvalue weighted by atomic mass is 79.9. The van der Waals surface area contributed by atoms with Crippen LogP contribution in [0.25, 0.3) is 0 Å². The second-order valence-electron chi connectivity index (χ2n) is 3.69. The standard InChI is InChI=1S/C9H11BrCl3NO2S2/c1-2-9(4-11,5-12)14-18(15,16)7-3-6(13)8(10)17-7/h3,14H,2,4-5H2,1H3. The molecule has 0 atom stereocenters. The lowest BCUT2D eigenvalue weighted by molar-refractivity contribution is 0.450. The number of alkyl halides is 2. The lowest BCUT2D eigenvalue weighted by Crippen LogP contribution is -2.51. The van der Waals surface area contributed by atoms with E-state index in [1.165, 1.54) is 6.07 Å². The molecule has 3 nitrogen and oxygen atoms in total. The fourth-order valence-corrected chi connectivity index (χ4v) is 5.97. The number of hydrogen-bond acceptors (Lipinski definition) is 3. The molecule has 0 saturated carbocycles. The van der Waals surface area contributed by atoms with E-state index in [1.54, 1.807) is 0 Å². The first-order chi connectivity index (χ1) is 8.30. The smallest absolute Gasteiger partial charge is 0.206 e. The molecule has 0 spiro atoms. The molecule has 9 heteroatoms. The van der Waals surface area contributed by atoms with E-state index in [1.807, 2.05) is 6.92 Å². The maximum absolute atomic E-state index is 12.2. The third-order valence-electron chi connectivity index (χ3n) is 2.43. The van der Waals surface area contributed by atoms with Crippen molar-refractivity contribution in [2.45, 2.75) is 23.1 Å². The van der Waals surface area contributed by atoms with E-state index in [0.717, 1.165) is 11.3 Å². The molecule has 0 amide bonds. The highest BCUT2D eigenvalue weighted by Crippen LogP contribution is 2.35. The third kappa shape index (κ3) is 3.75. The Bertz CT molecular complexity index is 486. The Balaban J connectivity index is 3.08. The summed E-state index contributed by atoms with van der Waals surface area (Å²) in [6.45, 7) is 1.82. The summed E-state index contributed by atoms with van der Waals surface area (Å²) in [5, 5.41) is 0.360. The van der Waals surface area contributed by atoms with Gasteiger partial charge < -0.3 is 0 Å². The van der Waals surface area contributed by atoms with Crippen LogP contribution in [0.1, 0.15) is 13.3 Å². The van der Waals surface area contributed by atoms with Crippen molar-refractivity contribution in [2.75, 3.05) is 11.8 Å². The molecule has 0 bridgehead atoms. The zero-order valence-electron chi connectivity index (χ0n) is 9.34. The van der Waals surface area contributed by atoms with Crippen molar-refractivity contribution in [1.82, 2.24) is 4.72 Å². The van der Waals surface area contributed by atoms with Gasteiger partial charge in [-0.25, -0.2) is 13.1 Å². The van der Waals surface area contributed by atoms with Crippen molar-refractivity contribution < 1.29 is 8.42 Å². The van der Waals surface area contributed by atoms with Crippen LogP contribution in [0.3, 0.4) is 0 Å². The molecule has 0 saturated heterocycles. The quantitative estimate of drug-likeness (QED) is 0.712. The molecule has 1 aromatic heterocycles. The molecule has 0 fully saturated rings. The van der Waals surface area contributed by atoms with Crippen molar-refractivity contribution in [3.8, 4) is 0 Å². The van der Waals surface area contributed by atoms with Crippen LogP contribution in [0.15, 0.2) is 14.1 Å². The Morgan fingerprint density at radius 1 is 1.44 bits per heavy atom. The zero-order valence-corrected chi connectivity index (χ0v) is 14.8. The summed E-state index contributed by atoms with van der Waals surface area (Å²) in [7, 11) is -3.67. The summed E-state index contributed by atoms with van der Waals surface area (Å²) in [6.07, 6.45) is 0.500. The van der Waals surface area contributed by atoms with Crippen LogP contribution in [0, 0.1) is 0 Å². The fraction of sp³-hybridized carbons (Fsp3) is 0.556. The van der Waals surface area contributed by atoms with Gasteiger partial charge in [-0.15, -0.1) is 34.5 Å². The molecule has 0 aliphatic heterocycles. The predicted octanol–water partition coefficient (Wildman–Crippen LogP) is 4.07. The minimum absolute atomic E-state index is 0.104. The van der Waals surface area contributed by atoms with Crippen LogP contribution in [-0.4, -0.2) is 25.7 Å². The molecule has 1 N–H and O–H groups in total. The highest BCUT2D eigenvalue weighted by molar-refractivity contribution is 9.11. The maximum atomic E-state index is 12.2. The number of sulfonamides is 1. The fourth-order valence-electron chi connectivity index (χ4n) is 1.15.